The van der Waals surface area contributed by atoms with E-state index in [0.717, 1.165) is 13.1 Å². The zero-order valence-corrected chi connectivity index (χ0v) is 12.7. The molecule has 2 atom stereocenters. The minimum atomic E-state index is 0.194. The summed E-state index contributed by atoms with van der Waals surface area (Å²) >= 11 is 5.98. The molecule has 3 heterocycles. The number of rotatable bonds is 3. The summed E-state index contributed by atoms with van der Waals surface area (Å²) in [6, 6.07) is 1.29. The normalized spacial score (nSPS) is 26.6. The number of anilines is 1. The fraction of sp³-hybridized carbons (Fsp3) is 0.769. The lowest BCUT2D eigenvalue weighted by Crippen LogP contribution is -2.55. The molecule has 0 aromatic carbocycles. The SMILES string of the molecule is CCOc1nc(Cl)nc(N2CC3CCCN3CC2C)n1. The van der Waals surface area contributed by atoms with Gasteiger partial charge in [0.05, 0.1) is 6.61 Å². The lowest BCUT2D eigenvalue weighted by Gasteiger charge is -2.42. The Morgan fingerprint density at radius 3 is 2.95 bits per heavy atom. The van der Waals surface area contributed by atoms with Crippen molar-refractivity contribution < 1.29 is 4.74 Å². The van der Waals surface area contributed by atoms with Crippen molar-refractivity contribution in [2.45, 2.75) is 38.8 Å². The summed E-state index contributed by atoms with van der Waals surface area (Å²) in [5.41, 5.74) is 0. The van der Waals surface area contributed by atoms with Crippen molar-refractivity contribution in [1.82, 2.24) is 19.9 Å². The molecular weight excluding hydrogens is 278 g/mol. The number of ether oxygens (including phenoxy) is 1. The molecule has 0 saturated carbocycles. The standard InChI is InChI=1S/C13H20ClN5O/c1-3-20-13-16-11(14)15-12(17-13)19-8-10-5-4-6-18(10)7-9(19)2/h9-10H,3-8H2,1-2H3. The Hall–Kier alpha value is -1.14. The molecule has 2 unspecified atom stereocenters. The van der Waals surface area contributed by atoms with Crippen LogP contribution in [0.2, 0.25) is 5.28 Å². The first-order chi connectivity index (χ1) is 9.67. The lowest BCUT2D eigenvalue weighted by atomic mass is 10.1. The predicted octanol–water partition coefficient (Wildman–Crippen LogP) is 1.60. The minimum Gasteiger partial charge on any atom is -0.464 e. The van der Waals surface area contributed by atoms with Gasteiger partial charge in [-0.05, 0) is 44.8 Å². The molecule has 2 aliphatic heterocycles. The Balaban J connectivity index is 1.84. The van der Waals surface area contributed by atoms with E-state index in [4.69, 9.17) is 16.3 Å². The van der Waals surface area contributed by atoms with Crippen LogP contribution in [0.15, 0.2) is 0 Å². The van der Waals surface area contributed by atoms with Crippen LogP contribution in [-0.4, -0.2) is 58.2 Å². The fourth-order valence-electron chi connectivity index (χ4n) is 3.11. The highest BCUT2D eigenvalue weighted by Crippen LogP contribution is 2.27. The first-order valence-corrected chi connectivity index (χ1v) is 7.60. The molecule has 0 N–H and O–H groups in total. The molecule has 2 aliphatic rings. The first-order valence-electron chi connectivity index (χ1n) is 7.22. The van der Waals surface area contributed by atoms with Crippen molar-refractivity contribution in [3.8, 4) is 6.01 Å². The summed E-state index contributed by atoms with van der Waals surface area (Å²) < 4.78 is 5.36. The second kappa shape index (κ2) is 5.69. The van der Waals surface area contributed by atoms with Crippen LogP contribution in [0.3, 0.4) is 0 Å². The average molecular weight is 298 g/mol. The van der Waals surface area contributed by atoms with Crippen LogP contribution in [-0.2, 0) is 0 Å². The average Bonchev–Trinajstić information content (AvgIpc) is 2.84. The van der Waals surface area contributed by atoms with Gasteiger partial charge in [-0.2, -0.15) is 15.0 Å². The highest BCUT2D eigenvalue weighted by molar-refractivity contribution is 6.28. The number of nitrogens with zero attached hydrogens (tertiary/aromatic N) is 5. The Bertz CT molecular complexity index is 486. The van der Waals surface area contributed by atoms with E-state index in [1.165, 1.54) is 19.4 Å². The van der Waals surface area contributed by atoms with Gasteiger partial charge in [0.25, 0.3) is 0 Å². The molecular formula is C13H20ClN5O. The predicted molar refractivity (Wildman–Crippen MR) is 77.4 cm³/mol. The molecule has 3 rings (SSSR count). The molecule has 0 amide bonds. The summed E-state index contributed by atoms with van der Waals surface area (Å²) in [7, 11) is 0. The molecule has 1 aromatic heterocycles. The zero-order chi connectivity index (χ0) is 14.1. The fourth-order valence-corrected chi connectivity index (χ4v) is 3.26. The van der Waals surface area contributed by atoms with Gasteiger partial charge in [0, 0.05) is 25.2 Å². The van der Waals surface area contributed by atoms with E-state index in [9.17, 15) is 0 Å². The second-order valence-corrected chi connectivity index (χ2v) is 5.75. The third kappa shape index (κ3) is 2.67. The van der Waals surface area contributed by atoms with Crippen LogP contribution < -0.4 is 9.64 Å². The van der Waals surface area contributed by atoms with Crippen molar-refractivity contribution in [1.29, 1.82) is 0 Å². The van der Waals surface area contributed by atoms with Crippen molar-refractivity contribution in [2.75, 3.05) is 31.1 Å². The molecule has 0 aliphatic carbocycles. The summed E-state index contributed by atoms with van der Waals surface area (Å²) in [5, 5.41) is 0.194. The van der Waals surface area contributed by atoms with E-state index in [1.807, 2.05) is 6.92 Å². The molecule has 0 bridgehead atoms. The van der Waals surface area contributed by atoms with Gasteiger partial charge in [0.2, 0.25) is 11.2 Å². The summed E-state index contributed by atoms with van der Waals surface area (Å²) in [6.07, 6.45) is 2.54. The van der Waals surface area contributed by atoms with Crippen LogP contribution >= 0.6 is 11.6 Å². The molecule has 1 aromatic rings. The first kappa shape index (κ1) is 13.8. The van der Waals surface area contributed by atoms with Crippen LogP contribution in [0.5, 0.6) is 6.01 Å². The second-order valence-electron chi connectivity index (χ2n) is 5.41. The van der Waals surface area contributed by atoms with Crippen molar-refractivity contribution in [3.63, 3.8) is 0 Å². The van der Waals surface area contributed by atoms with Crippen LogP contribution in [0.4, 0.5) is 5.95 Å². The van der Waals surface area contributed by atoms with Gasteiger partial charge < -0.3 is 9.64 Å². The Morgan fingerprint density at radius 1 is 1.30 bits per heavy atom. The topological polar surface area (TPSA) is 54.4 Å². The number of halogens is 1. The lowest BCUT2D eigenvalue weighted by molar-refractivity contribution is 0.201. The number of fused-ring (bicyclic) bond motifs is 1. The smallest absolute Gasteiger partial charge is 0.322 e. The zero-order valence-electron chi connectivity index (χ0n) is 11.9. The summed E-state index contributed by atoms with van der Waals surface area (Å²) in [5.74, 6) is 0.632. The molecule has 6 nitrogen and oxygen atoms in total. The molecule has 2 fully saturated rings. The number of aromatic nitrogens is 3. The van der Waals surface area contributed by atoms with Crippen LogP contribution in [0, 0.1) is 0 Å². The largest absolute Gasteiger partial charge is 0.464 e. The van der Waals surface area contributed by atoms with E-state index in [-0.39, 0.29) is 5.28 Å². The van der Waals surface area contributed by atoms with Gasteiger partial charge in [-0.1, -0.05) is 0 Å². The van der Waals surface area contributed by atoms with Crippen LogP contribution in [0.1, 0.15) is 26.7 Å². The van der Waals surface area contributed by atoms with Gasteiger partial charge in [-0.15, -0.1) is 0 Å². The Labute approximate surface area is 124 Å². The maximum atomic E-state index is 5.98. The van der Waals surface area contributed by atoms with E-state index in [1.54, 1.807) is 0 Å². The number of hydrogen-bond acceptors (Lipinski definition) is 6. The third-order valence-corrected chi connectivity index (χ3v) is 4.21. The molecule has 20 heavy (non-hydrogen) atoms. The van der Waals surface area contributed by atoms with Gasteiger partial charge >= 0.3 is 6.01 Å². The molecule has 110 valence electrons. The van der Waals surface area contributed by atoms with E-state index < -0.39 is 0 Å². The van der Waals surface area contributed by atoms with Gasteiger partial charge in [0.1, 0.15) is 0 Å². The minimum absolute atomic E-state index is 0.194. The van der Waals surface area contributed by atoms with Crippen LogP contribution in [0.25, 0.3) is 0 Å². The summed E-state index contributed by atoms with van der Waals surface area (Å²) in [4.78, 5) is 17.4. The molecule has 2 saturated heterocycles. The quantitative estimate of drug-likeness (QED) is 0.845. The van der Waals surface area contributed by atoms with Gasteiger partial charge in [-0.25, -0.2) is 0 Å². The van der Waals surface area contributed by atoms with Gasteiger partial charge in [-0.3, -0.25) is 4.90 Å². The number of piperazine rings is 1. The highest BCUT2D eigenvalue weighted by Gasteiger charge is 2.35. The Kier molecular flexibility index (Phi) is 3.94. The van der Waals surface area contributed by atoms with Crippen molar-refractivity contribution >= 4 is 17.5 Å². The van der Waals surface area contributed by atoms with E-state index in [0.29, 0.717) is 30.6 Å². The van der Waals surface area contributed by atoms with Gasteiger partial charge in [0.15, 0.2) is 0 Å². The van der Waals surface area contributed by atoms with E-state index in [2.05, 4.69) is 31.7 Å². The molecule has 0 spiro atoms. The maximum absolute atomic E-state index is 5.98. The van der Waals surface area contributed by atoms with Crippen molar-refractivity contribution in [2.24, 2.45) is 0 Å². The summed E-state index contributed by atoms with van der Waals surface area (Å²) in [6.45, 7) is 7.84. The van der Waals surface area contributed by atoms with E-state index >= 15 is 0 Å². The molecule has 0 radical (unpaired) electrons. The maximum Gasteiger partial charge on any atom is 0.322 e. The monoisotopic (exact) mass is 297 g/mol. The van der Waals surface area contributed by atoms with Crippen molar-refractivity contribution in [3.05, 3.63) is 5.28 Å². The highest BCUT2D eigenvalue weighted by atomic mass is 35.5. The number of hydrogen-bond donors (Lipinski definition) is 0. The third-order valence-electron chi connectivity index (χ3n) is 4.04. The Morgan fingerprint density at radius 2 is 2.15 bits per heavy atom. The molecule has 7 heteroatoms.